The van der Waals surface area contributed by atoms with Gasteiger partial charge in [0.2, 0.25) is 6.79 Å². The van der Waals surface area contributed by atoms with Crippen molar-refractivity contribution in [2.24, 2.45) is 12.8 Å². The number of aromatic nitrogens is 1. The van der Waals surface area contributed by atoms with Gasteiger partial charge in [0.1, 0.15) is 0 Å². The van der Waals surface area contributed by atoms with E-state index in [4.69, 9.17) is 15.2 Å². The van der Waals surface area contributed by atoms with Gasteiger partial charge >= 0.3 is 0 Å². The summed E-state index contributed by atoms with van der Waals surface area (Å²) in [4.78, 5) is 0. The number of ether oxygens (including phenoxy) is 2. The highest BCUT2D eigenvalue weighted by Crippen LogP contribution is 2.51. The van der Waals surface area contributed by atoms with Crippen molar-refractivity contribution < 1.29 is 9.47 Å². The minimum Gasteiger partial charge on any atom is -0.454 e. The first-order chi connectivity index (χ1) is 8.73. The lowest BCUT2D eigenvalue weighted by Gasteiger charge is -2.10. The summed E-state index contributed by atoms with van der Waals surface area (Å²) in [5.41, 5.74) is 8.70. The smallest absolute Gasteiger partial charge is 0.231 e. The van der Waals surface area contributed by atoms with E-state index in [0.717, 1.165) is 18.0 Å². The van der Waals surface area contributed by atoms with Gasteiger partial charge in [0.15, 0.2) is 11.5 Å². The van der Waals surface area contributed by atoms with Crippen LogP contribution in [0.3, 0.4) is 0 Å². The van der Waals surface area contributed by atoms with E-state index in [-0.39, 0.29) is 5.41 Å². The molecule has 1 aliphatic heterocycles. The predicted molar refractivity (Wildman–Crippen MR) is 69.0 cm³/mol. The highest BCUT2D eigenvalue weighted by molar-refractivity contribution is 5.89. The van der Waals surface area contributed by atoms with Crippen LogP contribution in [0.25, 0.3) is 10.9 Å². The Labute approximate surface area is 105 Å². The molecule has 1 aliphatic carbocycles. The Morgan fingerprint density at radius 3 is 2.67 bits per heavy atom. The molecule has 1 fully saturated rings. The van der Waals surface area contributed by atoms with Crippen LogP contribution in [-0.2, 0) is 12.5 Å². The minimum absolute atomic E-state index is 0.202. The van der Waals surface area contributed by atoms with Crippen LogP contribution >= 0.6 is 0 Å². The van der Waals surface area contributed by atoms with Crippen molar-refractivity contribution in [1.29, 1.82) is 0 Å². The molecule has 2 heterocycles. The fourth-order valence-electron chi connectivity index (χ4n) is 2.93. The SMILES string of the molecule is Cn1cc(C2(CN)CC2)c2cc3c(cc21)OCO3. The highest BCUT2D eigenvalue weighted by Gasteiger charge is 2.44. The molecule has 1 aromatic heterocycles. The largest absolute Gasteiger partial charge is 0.454 e. The van der Waals surface area contributed by atoms with Crippen molar-refractivity contribution >= 4 is 10.9 Å². The Balaban J connectivity index is 1.99. The molecular weight excluding hydrogens is 228 g/mol. The maximum atomic E-state index is 5.95. The molecule has 0 bridgehead atoms. The van der Waals surface area contributed by atoms with E-state index in [1.807, 2.05) is 0 Å². The van der Waals surface area contributed by atoms with Crippen LogP contribution in [-0.4, -0.2) is 17.9 Å². The summed E-state index contributed by atoms with van der Waals surface area (Å²) in [6.07, 6.45) is 4.59. The number of nitrogens with two attached hydrogens (primary N) is 1. The summed E-state index contributed by atoms with van der Waals surface area (Å²) < 4.78 is 13.1. The lowest BCUT2D eigenvalue weighted by molar-refractivity contribution is 0.174. The third-order valence-corrected chi connectivity index (χ3v) is 4.30. The average molecular weight is 244 g/mol. The van der Waals surface area contributed by atoms with E-state index >= 15 is 0 Å². The standard InChI is InChI=1S/C14H16N2O2/c1-16-6-10(14(7-15)2-3-14)9-4-12-13(5-11(9)16)18-8-17-12/h4-6H,2-3,7-8,15H2,1H3. The van der Waals surface area contributed by atoms with Crippen molar-refractivity contribution in [2.45, 2.75) is 18.3 Å². The number of aryl methyl sites for hydroxylation is 1. The van der Waals surface area contributed by atoms with E-state index in [1.54, 1.807) is 0 Å². The Hall–Kier alpha value is -1.68. The van der Waals surface area contributed by atoms with Crippen molar-refractivity contribution in [3.63, 3.8) is 0 Å². The predicted octanol–water partition coefficient (Wildman–Crippen LogP) is 1.90. The molecule has 4 heteroatoms. The number of hydrogen-bond donors (Lipinski definition) is 1. The summed E-state index contributed by atoms with van der Waals surface area (Å²) in [6.45, 7) is 1.05. The van der Waals surface area contributed by atoms with E-state index in [2.05, 4.69) is 29.9 Å². The first-order valence-corrected chi connectivity index (χ1v) is 6.33. The molecule has 1 saturated carbocycles. The van der Waals surface area contributed by atoms with E-state index in [1.165, 1.54) is 29.3 Å². The van der Waals surface area contributed by atoms with Gasteiger partial charge in [0, 0.05) is 36.7 Å². The molecule has 0 atom stereocenters. The summed E-state index contributed by atoms with van der Waals surface area (Å²) in [5, 5.41) is 1.25. The lowest BCUT2D eigenvalue weighted by atomic mass is 9.95. The number of fused-ring (bicyclic) bond motifs is 2. The van der Waals surface area contributed by atoms with Crippen LogP contribution in [0.2, 0.25) is 0 Å². The first kappa shape index (κ1) is 10.3. The van der Waals surface area contributed by atoms with Crippen LogP contribution < -0.4 is 15.2 Å². The fourth-order valence-corrected chi connectivity index (χ4v) is 2.93. The molecule has 4 rings (SSSR count). The normalized spacial score (nSPS) is 19.4. The van der Waals surface area contributed by atoms with E-state index < -0.39 is 0 Å². The highest BCUT2D eigenvalue weighted by atomic mass is 16.7. The Morgan fingerprint density at radius 2 is 2.00 bits per heavy atom. The zero-order valence-electron chi connectivity index (χ0n) is 10.4. The molecule has 2 aliphatic rings. The third-order valence-electron chi connectivity index (χ3n) is 4.30. The second-order valence-corrected chi connectivity index (χ2v) is 5.36. The molecule has 0 radical (unpaired) electrons. The summed E-state index contributed by atoms with van der Waals surface area (Å²) >= 11 is 0. The minimum atomic E-state index is 0.202. The molecule has 0 unspecified atom stereocenters. The van der Waals surface area contributed by atoms with Crippen LogP contribution in [0.15, 0.2) is 18.3 Å². The maximum Gasteiger partial charge on any atom is 0.231 e. The molecule has 2 aromatic rings. The Bertz CT molecular complexity index is 641. The van der Waals surface area contributed by atoms with Gasteiger partial charge in [-0.25, -0.2) is 0 Å². The Kier molecular flexibility index (Phi) is 1.83. The van der Waals surface area contributed by atoms with Gasteiger partial charge < -0.3 is 19.8 Å². The van der Waals surface area contributed by atoms with Gasteiger partial charge in [-0.05, 0) is 24.5 Å². The van der Waals surface area contributed by atoms with Gasteiger partial charge in [-0.1, -0.05) is 0 Å². The molecule has 0 spiro atoms. The van der Waals surface area contributed by atoms with Crippen molar-refractivity contribution in [1.82, 2.24) is 4.57 Å². The second kappa shape index (κ2) is 3.20. The molecule has 18 heavy (non-hydrogen) atoms. The first-order valence-electron chi connectivity index (χ1n) is 6.33. The molecule has 94 valence electrons. The van der Waals surface area contributed by atoms with Gasteiger partial charge in [-0.3, -0.25) is 0 Å². The van der Waals surface area contributed by atoms with Crippen molar-refractivity contribution in [3.05, 3.63) is 23.9 Å². The number of hydrogen-bond acceptors (Lipinski definition) is 3. The number of nitrogens with zero attached hydrogens (tertiary/aromatic N) is 1. The van der Waals surface area contributed by atoms with E-state index in [9.17, 15) is 0 Å². The van der Waals surface area contributed by atoms with Gasteiger partial charge in [0.05, 0.1) is 5.52 Å². The van der Waals surface area contributed by atoms with Gasteiger partial charge in [-0.15, -0.1) is 0 Å². The Morgan fingerprint density at radius 1 is 1.28 bits per heavy atom. The monoisotopic (exact) mass is 244 g/mol. The molecule has 4 nitrogen and oxygen atoms in total. The van der Waals surface area contributed by atoms with Crippen LogP contribution in [0.4, 0.5) is 0 Å². The fraction of sp³-hybridized carbons (Fsp3) is 0.429. The molecular formula is C14H16N2O2. The van der Waals surface area contributed by atoms with Gasteiger partial charge in [-0.2, -0.15) is 0 Å². The van der Waals surface area contributed by atoms with Crippen LogP contribution in [0.5, 0.6) is 11.5 Å². The molecule has 1 aromatic carbocycles. The van der Waals surface area contributed by atoms with Crippen molar-refractivity contribution in [2.75, 3.05) is 13.3 Å². The molecule has 2 N–H and O–H groups in total. The summed E-state index contributed by atoms with van der Waals surface area (Å²) in [7, 11) is 2.07. The molecule has 0 saturated heterocycles. The quantitative estimate of drug-likeness (QED) is 0.877. The van der Waals surface area contributed by atoms with Crippen LogP contribution in [0, 0.1) is 0 Å². The third kappa shape index (κ3) is 1.18. The van der Waals surface area contributed by atoms with E-state index in [0.29, 0.717) is 6.79 Å². The second-order valence-electron chi connectivity index (χ2n) is 5.36. The topological polar surface area (TPSA) is 49.4 Å². The molecule has 0 amide bonds. The van der Waals surface area contributed by atoms with Crippen LogP contribution in [0.1, 0.15) is 18.4 Å². The van der Waals surface area contributed by atoms with Gasteiger partial charge in [0.25, 0.3) is 0 Å². The number of rotatable bonds is 2. The maximum absolute atomic E-state index is 5.95. The summed E-state index contributed by atoms with van der Waals surface area (Å²) in [6, 6.07) is 4.16. The zero-order chi connectivity index (χ0) is 12.3. The average Bonchev–Trinajstić information content (AvgIpc) is 2.93. The number of benzene rings is 1. The zero-order valence-corrected chi connectivity index (χ0v) is 10.4. The summed E-state index contributed by atoms with van der Waals surface area (Å²) in [5.74, 6) is 1.69. The lowest BCUT2D eigenvalue weighted by Crippen LogP contribution is -2.19. The van der Waals surface area contributed by atoms with Crippen molar-refractivity contribution in [3.8, 4) is 11.5 Å².